The number of fused-ring (bicyclic) bond motifs is 1. The normalized spacial score (nSPS) is 15.8. The predicted molar refractivity (Wildman–Crippen MR) is 130 cm³/mol. The second-order valence-corrected chi connectivity index (χ2v) is 8.15. The molecule has 9 heteroatoms. The number of hydrogen-bond donors (Lipinski definition) is 1. The summed E-state index contributed by atoms with van der Waals surface area (Å²) >= 11 is 0. The molecule has 1 atom stereocenters. The Hall–Kier alpha value is -1.67. The van der Waals surface area contributed by atoms with Crippen LogP contribution < -0.4 is 10.1 Å². The Morgan fingerprint density at radius 2 is 2.03 bits per heavy atom. The van der Waals surface area contributed by atoms with Crippen LogP contribution in [0.2, 0.25) is 0 Å². The third-order valence-corrected chi connectivity index (χ3v) is 5.40. The number of nitrogens with zero attached hydrogens (tertiary/aromatic N) is 2. The van der Waals surface area contributed by atoms with Crippen molar-refractivity contribution >= 4 is 41.6 Å². The molecule has 0 bridgehead atoms. The van der Waals surface area contributed by atoms with Crippen molar-refractivity contribution in [1.82, 2.24) is 15.2 Å². The van der Waals surface area contributed by atoms with E-state index in [4.69, 9.17) is 9.47 Å². The van der Waals surface area contributed by atoms with Gasteiger partial charge in [-0.2, -0.15) is 0 Å². The number of halogens is 3. The number of nitrogens with one attached hydrogen (secondary N) is 1. The lowest BCUT2D eigenvalue weighted by molar-refractivity contribution is 0.0567. The Morgan fingerprint density at radius 1 is 1.28 bits per heavy atom. The van der Waals surface area contributed by atoms with Crippen LogP contribution in [-0.4, -0.2) is 61.3 Å². The second kappa shape index (κ2) is 13.1. The fourth-order valence-electron chi connectivity index (χ4n) is 4.03. The second-order valence-electron chi connectivity index (χ2n) is 8.15. The Morgan fingerprint density at radius 3 is 2.66 bits per heavy atom. The number of aromatic nitrogens is 1. The van der Waals surface area contributed by atoms with Gasteiger partial charge in [-0.15, -0.1) is 24.8 Å². The number of carbonyl (C=O) groups is 1. The Labute approximate surface area is 202 Å². The maximum Gasteiger partial charge on any atom is 0.273 e. The van der Waals surface area contributed by atoms with Gasteiger partial charge >= 0.3 is 0 Å². The molecule has 2 aromatic rings. The zero-order valence-corrected chi connectivity index (χ0v) is 20.8. The summed E-state index contributed by atoms with van der Waals surface area (Å²) < 4.78 is 25.8. The molecule has 1 fully saturated rings. The van der Waals surface area contributed by atoms with Crippen molar-refractivity contribution < 1.29 is 18.7 Å². The molecule has 1 aromatic carbocycles. The van der Waals surface area contributed by atoms with E-state index in [-0.39, 0.29) is 54.0 Å². The fourth-order valence-corrected chi connectivity index (χ4v) is 4.03. The molecular weight excluding hydrogens is 456 g/mol. The summed E-state index contributed by atoms with van der Waals surface area (Å²) in [5, 5.41) is 3.94. The number of rotatable bonds is 8. The van der Waals surface area contributed by atoms with Crippen LogP contribution in [0.25, 0.3) is 10.9 Å². The minimum Gasteiger partial charge on any atom is -0.493 e. The van der Waals surface area contributed by atoms with Crippen LogP contribution in [0.5, 0.6) is 5.75 Å². The van der Waals surface area contributed by atoms with Crippen LogP contribution in [0.1, 0.15) is 49.2 Å². The molecule has 32 heavy (non-hydrogen) atoms. The first-order valence-corrected chi connectivity index (χ1v) is 10.7. The molecule has 180 valence electrons. The van der Waals surface area contributed by atoms with Gasteiger partial charge in [0.15, 0.2) is 0 Å². The first kappa shape index (κ1) is 28.4. The predicted octanol–water partition coefficient (Wildman–Crippen LogP) is 4.54. The summed E-state index contributed by atoms with van der Waals surface area (Å²) in [5.74, 6) is -0.160. The van der Waals surface area contributed by atoms with E-state index in [0.717, 1.165) is 31.5 Å². The molecule has 1 amide bonds. The van der Waals surface area contributed by atoms with Crippen molar-refractivity contribution in [2.24, 2.45) is 0 Å². The molecule has 0 radical (unpaired) electrons. The molecule has 1 N–H and O–H groups in total. The average Bonchev–Trinajstić information content (AvgIpc) is 2.72. The largest absolute Gasteiger partial charge is 0.493 e. The molecule has 0 unspecified atom stereocenters. The van der Waals surface area contributed by atoms with Crippen molar-refractivity contribution in [3.63, 3.8) is 0 Å². The number of pyridine rings is 1. The highest BCUT2D eigenvalue weighted by atomic mass is 35.5. The number of hydrogen-bond acceptors (Lipinski definition) is 5. The molecule has 3 rings (SSSR count). The highest BCUT2D eigenvalue weighted by Crippen LogP contribution is 2.30. The van der Waals surface area contributed by atoms with Crippen molar-refractivity contribution in [2.75, 3.05) is 33.4 Å². The van der Waals surface area contributed by atoms with Gasteiger partial charge < -0.3 is 19.7 Å². The third-order valence-electron chi connectivity index (χ3n) is 5.40. The summed E-state index contributed by atoms with van der Waals surface area (Å²) in [5.41, 5.74) is 1.16. The molecule has 1 aliphatic heterocycles. The van der Waals surface area contributed by atoms with Crippen LogP contribution in [0, 0.1) is 12.7 Å². The van der Waals surface area contributed by atoms with Gasteiger partial charge in [0.1, 0.15) is 22.8 Å². The van der Waals surface area contributed by atoms with E-state index in [0.29, 0.717) is 30.8 Å². The highest BCUT2D eigenvalue weighted by Gasteiger charge is 2.30. The van der Waals surface area contributed by atoms with E-state index in [1.807, 2.05) is 31.7 Å². The summed E-state index contributed by atoms with van der Waals surface area (Å²) in [6.45, 7) is 8.53. The molecule has 0 saturated carbocycles. The van der Waals surface area contributed by atoms with Crippen LogP contribution in [0.4, 0.5) is 4.39 Å². The third kappa shape index (κ3) is 6.67. The van der Waals surface area contributed by atoms with Crippen LogP contribution >= 0.6 is 24.8 Å². The van der Waals surface area contributed by atoms with Gasteiger partial charge in [0.05, 0.1) is 6.61 Å². The van der Waals surface area contributed by atoms with Crippen molar-refractivity contribution in [2.45, 2.75) is 52.1 Å². The standard InChI is InChI=1S/C23H32FN3O3.2ClH/c1-15(2)27(17-7-5-8-25-14-17)23(28)20-13-21(30-10-6-9-29-4)18-11-16(3)12-19(24)22(18)26-20;;/h11-13,15,17,25H,5-10,14H2,1-4H3;2*1H/t17-;;/m1../s1. The first-order chi connectivity index (χ1) is 14.4. The molecule has 0 spiro atoms. The maximum atomic E-state index is 14.8. The number of amides is 1. The molecule has 1 saturated heterocycles. The topological polar surface area (TPSA) is 63.7 Å². The maximum absolute atomic E-state index is 14.8. The van der Waals surface area contributed by atoms with E-state index in [2.05, 4.69) is 10.3 Å². The Bertz CT molecular complexity index is 892. The molecule has 1 aromatic heterocycles. The van der Waals surface area contributed by atoms with Gasteiger partial charge in [0.2, 0.25) is 0 Å². The van der Waals surface area contributed by atoms with Crippen LogP contribution in [-0.2, 0) is 4.74 Å². The average molecular weight is 490 g/mol. The van der Waals surface area contributed by atoms with Gasteiger partial charge in [0.25, 0.3) is 5.91 Å². The minimum absolute atomic E-state index is 0. The van der Waals surface area contributed by atoms with Crippen LogP contribution in [0.3, 0.4) is 0 Å². The van der Waals surface area contributed by atoms with Gasteiger partial charge in [-0.05, 0) is 57.9 Å². The van der Waals surface area contributed by atoms with Gasteiger partial charge in [-0.1, -0.05) is 0 Å². The summed E-state index contributed by atoms with van der Waals surface area (Å²) in [6.07, 6.45) is 2.66. The van der Waals surface area contributed by atoms with Crippen LogP contribution in [0.15, 0.2) is 18.2 Å². The van der Waals surface area contributed by atoms with E-state index in [9.17, 15) is 9.18 Å². The number of benzene rings is 1. The molecule has 6 nitrogen and oxygen atoms in total. The lowest BCUT2D eigenvalue weighted by atomic mass is 10.0. The lowest BCUT2D eigenvalue weighted by Crippen LogP contribution is -2.51. The smallest absolute Gasteiger partial charge is 0.273 e. The first-order valence-electron chi connectivity index (χ1n) is 10.7. The van der Waals surface area contributed by atoms with E-state index >= 15 is 0 Å². The van der Waals surface area contributed by atoms with E-state index < -0.39 is 5.82 Å². The quantitative estimate of drug-likeness (QED) is 0.551. The zero-order chi connectivity index (χ0) is 21.7. The van der Waals surface area contributed by atoms with E-state index in [1.165, 1.54) is 6.07 Å². The summed E-state index contributed by atoms with van der Waals surface area (Å²) in [4.78, 5) is 19.8. The van der Waals surface area contributed by atoms with Gasteiger partial charge in [-0.25, -0.2) is 9.37 Å². The van der Waals surface area contributed by atoms with Crippen molar-refractivity contribution in [3.8, 4) is 5.75 Å². The van der Waals surface area contributed by atoms with Crippen molar-refractivity contribution in [1.29, 1.82) is 0 Å². The highest BCUT2D eigenvalue weighted by molar-refractivity contribution is 5.97. The fraction of sp³-hybridized carbons (Fsp3) is 0.565. The summed E-state index contributed by atoms with van der Waals surface area (Å²) in [6, 6.07) is 5.04. The minimum atomic E-state index is -0.447. The Balaban J connectivity index is 0.00000256. The number of aryl methyl sites for hydroxylation is 1. The lowest BCUT2D eigenvalue weighted by Gasteiger charge is -2.37. The molecular formula is C23H34Cl2FN3O3. The molecule has 1 aliphatic rings. The van der Waals surface area contributed by atoms with E-state index in [1.54, 1.807) is 13.2 Å². The molecule has 2 heterocycles. The summed E-state index contributed by atoms with van der Waals surface area (Å²) in [7, 11) is 1.64. The number of methoxy groups -OCH3 is 1. The van der Waals surface area contributed by atoms with Gasteiger partial charge in [-0.3, -0.25) is 4.79 Å². The molecule has 0 aliphatic carbocycles. The number of ether oxygens (including phenoxy) is 2. The number of piperidine rings is 1. The monoisotopic (exact) mass is 489 g/mol. The SMILES string of the molecule is COCCCOc1cc(C(=O)N(C(C)C)[C@@H]2CCCNC2)nc2c(F)cc(C)cc12.Cl.Cl. The Kier molecular flexibility index (Phi) is 11.6. The van der Waals surface area contributed by atoms with Gasteiger partial charge in [0, 0.05) is 50.2 Å². The number of carbonyl (C=O) groups excluding carboxylic acids is 1. The van der Waals surface area contributed by atoms with Crippen molar-refractivity contribution in [3.05, 3.63) is 35.3 Å². The zero-order valence-electron chi connectivity index (χ0n) is 19.2.